The minimum Gasteiger partial charge on any atom is -0.297 e. The number of aldehydes is 1. The Morgan fingerprint density at radius 3 is 3.00 bits per heavy atom. The van der Waals surface area contributed by atoms with Crippen LogP contribution in [0.15, 0.2) is 33.6 Å². The van der Waals surface area contributed by atoms with E-state index in [0.29, 0.717) is 6.29 Å². The molecule has 0 aliphatic heterocycles. The number of allylic oxidation sites excluding steroid dienone is 1. The first-order valence-electron chi connectivity index (χ1n) is 4.49. The highest BCUT2D eigenvalue weighted by molar-refractivity contribution is 9.11. The third-order valence-electron chi connectivity index (χ3n) is 2.11. The van der Waals surface area contributed by atoms with Crippen molar-refractivity contribution in [2.45, 2.75) is 0 Å². The summed E-state index contributed by atoms with van der Waals surface area (Å²) in [6.45, 7) is 0. The van der Waals surface area contributed by atoms with Crippen molar-refractivity contribution in [2.75, 3.05) is 0 Å². The Kier molecular flexibility index (Phi) is 3.18. The second-order valence-electron chi connectivity index (χ2n) is 3.15. The number of thiophene rings is 1. The van der Waals surface area contributed by atoms with Gasteiger partial charge < -0.3 is 0 Å². The van der Waals surface area contributed by atoms with E-state index in [-0.39, 0.29) is 5.57 Å². The van der Waals surface area contributed by atoms with E-state index < -0.39 is 0 Å². The Morgan fingerprint density at radius 1 is 1.50 bits per heavy atom. The van der Waals surface area contributed by atoms with E-state index in [2.05, 4.69) is 15.9 Å². The average molecular weight is 292 g/mol. The molecule has 78 valence electrons. The van der Waals surface area contributed by atoms with Gasteiger partial charge in [-0.2, -0.15) is 5.26 Å². The van der Waals surface area contributed by atoms with Gasteiger partial charge in [-0.1, -0.05) is 18.2 Å². The zero-order chi connectivity index (χ0) is 11.5. The van der Waals surface area contributed by atoms with Gasteiger partial charge in [0.25, 0.3) is 0 Å². The minimum absolute atomic E-state index is 0.136. The molecule has 1 aromatic carbocycles. The van der Waals surface area contributed by atoms with Crippen molar-refractivity contribution < 1.29 is 4.79 Å². The monoisotopic (exact) mass is 291 g/mol. The SMILES string of the molecule is N#CC(C=O)=Cc1cccc2cc(Br)sc12. The van der Waals surface area contributed by atoms with Gasteiger partial charge >= 0.3 is 0 Å². The number of halogens is 1. The van der Waals surface area contributed by atoms with E-state index in [1.807, 2.05) is 30.3 Å². The van der Waals surface area contributed by atoms with Crippen molar-refractivity contribution in [3.8, 4) is 6.07 Å². The summed E-state index contributed by atoms with van der Waals surface area (Å²) in [7, 11) is 0. The van der Waals surface area contributed by atoms with Gasteiger partial charge in [-0.3, -0.25) is 4.79 Å². The molecule has 4 heteroatoms. The van der Waals surface area contributed by atoms with Crippen LogP contribution in [0.2, 0.25) is 0 Å². The highest BCUT2D eigenvalue weighted by Gasteiger charge is 2.04. The highest BCUT2D eigenvalue weighted by Crippen LogP contribution is 2.32. The van der Waals surface area contributed by atoms with Crippen molar-refractivity contribution in [3.63, 3.8) is 0 Å². The van der Waals surface area contributed by atoms with Crippen LogP contribution in [-0.4, -0.2) is 6.29 Å². The molecule has 1 aromatic heterocycles. The molecule has 0 fully saturated rings. The molecule has 0 aliphatic carbocycles. The number of fused-ring (bicyclic) bond motifs is 1. The molecule has 0 radical (unpaired) electrons. The van der Waals surface area contributed by atoms with Gasteiger partial charge in [0.05, 0.1) is 9.36 Å². The lowest BCUT2D eigenvalue weighted by Gasteiger charge is -1.95. The maximum Gasteiger partial charge on any atom is 0.160 e. The summed E-state index contributed by atoms with van der Waals surface area (Å²) in [5, 5.41) is 9.81. The number of benzene rings is 1. The molecule has 0 atom stereocenters. The molecule has 0 spiro atoms. The van der Waals surface area contributed by atoms with Gasteiger partial charge in [0.1, 0.15) is 6.07 Å². The molecule has 2 rings (SSSR count). The molecular weight excluding hydrogens is 286 g/mol. The van der Waals surface area contributed by atoms with E-state index in [4.69, 9.17) is 5.26 Å². The van der Waals surface area contributed by atoms with Crippen LogP contribution in [0.1, 0.15) is 5.56 Å². The van der Waals surface area contributed by atoms with Crippen LogP contribution in [-0.2, 0) is 4.79 Å². The Morgan fingerprint density at radius 2 is 2.31 bits per heavy atom. The lowest BCUT2D eigenvalue weighted by Crippen LogP contribution is -1.80. The summed E-state index contributed by atoms with van der Waals surface area (Å²) in [6.07, 6.45) is 2.18. The smallest absolute Gasteiger partial charge is 0.160 e. The third kappa shape index (κ3) is 2.06. The fraction of sp³-hybridized carbons (Fsp3) is 0. The zero-order valence-electron chi connectivity index (χ0n) is 8.11. The predicted octanol–water partition coefficient (Wildman–Crippen LogP) is 3.77. The van der Waals surface area contributed by atoms with Crippen LogP contribution >= 0.6 is 27.3 Å². The maximum absolute atomic E-state index is 10.6. The Hall–Kier alpha value is -1.44. The number of hydrogen-bond donors (Lipinski definition) is 0. The number of rotatable bonds is 2. The highest BCUT2D eigenvalue weighted by atomic mass is 79.9. The first-order valence-corrected chi connectivity index (χ1v) is 6.10. The minimum atomic E-state index is 0.136. The van der Waals surface area contributed by atoms with Gasteiger partial charge in [-0.25, -0.2) is 0 Å². The quantitative estimate of drug-likeness (QED) is 0.480. The molecule has 0 bridgehead atoms. The topological polar surface area (TPSA) is 40.9 Å². The zero-order valence-corrected chi connectivity index (χ0v) is 10.5. The summed E-state index contributed by atoms with van der Waals surface area (Å²) in [5.74, 6) is 0. The Balaban J connectivity index is 2.65. The van der Waals surface area contributed by atoms with E-state index >= 15 is 0 Å². The molecule has 0 saturated heterocycles. The Labute approximate surface area is 105 Å². The van der Waals surface area contributed by atoms with Crippen LogP contribution in [0, 0.1) is 11.3 Å². The lowest BCUT2D eigenvalue weighted by atomic mass is 10.1. The summed E-state index contributed by atoms with van der Waals surface area (Å²) in [4.78, 5) is 10.6. The standard InChI is InChI=1S/C12H6BrNOS/c13-11-5-10-3-1-2-9(12(10)16-11)4-8(6-14)7-15/h1-5,7H. The van der Waals surface area contributed by atoms with Gasteiger partial charge in [0, 0.05) is 4.70 Å². The first-order chi connectivity index (χ1) is 7.74. The van der Waals surface area contributed by atoms with Crippen molar-refractivity contribution >= 4 is 49.7 Å². The summed E-state index contributed by atoms with van der Waals surface area (Å²) in [6, 6.07) is 9.68. The average Bonchev–Trinajstić information content (AvgIpc) is 2.67. The number of carbonyl (C=O) groups is 1. The second kappa shape index (κ2) is 4.60. The van der Waals surface area contributed by atoms with Crippen LogP contribution in [0.4, 0.5) is 0 Å². The second-order valence-corrected chi connectivity index (χ2v) is 5.58. The van der Waals surface area contributed by atoms with Gasteiger partial charge in [-0.15, -0.1) is 11.3 Å². The number of hydrogen-bond acceptors (Lipinski definition) is 3. The van der Waals surface area contributed by atoms with E-state index in [9.17, 15) is 4.79 Å². The van der Waals surface area contributed by atoms with Crippen molar-refractivity contribution in [1.82, 2.24) is 0 Å². The summed E-state index contributed by atoms with van der Waals surface area (Å²) >= 11 is 5.01. The summed E-state index contributed by atoms with van der Waals surface area (Å²) in [5.41, 5.74) is 1.04. The molecule has 0 unspecified atom stereocenters. The fourth-order valence-electron chi connectivity index (χ4n) is 1.43. The van der Waals surface area contributed by atoms with Crippen LogP contribution in [0.25, 0.3) is 16.2 Å². The molecule has 0 saturated carbocycles. The lowest BCUT2D eigenvalue weighted by molar-refractivity contribution is -0.104. The summed E-state index contributed by atoms with van der Waals surface area (Å²) < 4.78 is 2.11. The molecule has 1 heterocycles. The molecule has 0 aliphatic rings. The maximum atomic E-state index is 10.6. The molecule has 0 N–H and O–H groups in total. The number of nitrogens with zero attached hydrogens (tertiary/aromatic N) is 1. The van der Waals surface area contributed by atoms with E-state index in [1.54, 1.807) is 17.4 Å². The van der Waals surface area contributed by atoms with Gasteiger partial charge in [0.15, 0.2) is 6.29 Å². The van der Waals surface area contributed by atoms with E-state index in [0.717, 1.165) is 19.4 Å². The number of nitriles is 1. The first kappa shape index (κ1) is 11.1. The largest absolute Gasteiger partial charge is 0.297 e. The fourth-order valence-corrected chi connectivity index (χ4v) is 3.03. The van der Waals surface area contributed by atoms with Crippen molar-refractivity contribution in [3.05, 3.63) is 39.2 Å². The van der Waals surface area contributed by atoms with Gasteiger partial charge in [-0.05, 0) is 39.0 Å². The molecular formula is C12H6BrNOS. The Bertz CT molecular complexity index is 621. The number of carbonyl (C=O) groups excluding carboxylic acids is 1. The van der Waals surface area contributed by atoms with Crippen LogP contribution < -0.4 is 0 Å². The van der Waals surface area contributed by atoms with Crippen LogP contribution in [0.3, 0.4) is 0 Å². The van der Waals surface area contributed by atoms with Crippen molar-refractivity contribution in [2.24, 2.45) is 0 Å². The third-order valence-corrected chi connectivity index (χ3v) is 3.81. The normalized spacial score (nSPS) is 11.4. The van der Waals surface area contributed by atoms with E-state index in [1.165, 1.54) is 0 Å². The molecule has 0 amide bonds. The van der Waals surface area contributed by atoms with Gasteiger partial charge in [0.2, 0.25) is 0 Å². The van der Waals surface area contributed by atoms with Crippen LogP contribution in [0.5, 0.6) is 0 Å². The molecule has 16 heavy (non-hydrogen) atoms. The van der Waals surface area contributed by atoms with Crippen molar-refractivity contribution in [1.29, 1.82) is 5.26 Å². The molecule has 2 aromatic rings. The predicted molar refractivity (Wildman–Crippen MR) is 69.2 cm³/mol. The molecule has 2 nitrogen and oxygen atoms in total.